The van der Waals surface area contributed by atoms with E-state index < -0.39 is 6.17 Å². The molecule has 0 radical (unpaired) electrons. The molecule has 1 fully saturated rings. The quantitative estimate of drug-likeness (QED) is 0.839. The van der Waals surface area contributed by atoms with E-state index in [1.807, 2.05) is 4.90 Å². The van der Waals surface area contributed by atoms with Crippen LogP contribution in [0.5, 0.6) is 0 Å². The van der Waals surface area contributed by atoms with Crippen LogP contribution in [0.3, 0.4) is 0 Å². The van der Waals surface area contributed by atoms with Crippen LogP contribution in [0.1, 0.15) is 18.1 Å². The van der Waals surface area contributed by atoms with Crippen molar-refractivity contribution in [2.75, 3.05) is 18.4 Å². The zero-order valence-corrected chi connectivity index (χ0v) is 13.6. The van der Waals surface area contributed by atoms with Gasteiger partial charge in [0, 0.05) is 45.4 Å². The standard InChI is InChI=1S/C14H20FN7O2/c1-9-17-13(20-24-9)8-22-7-10(15)5-11(22)6-16-14(23)18-12-3-4-21(2)19-12/h3-4,10-11H,5-8H2,1-2H3,(H2,16,18,19,23)/t10-,11-/m0/s1. The molecule has 3 heterocycles. The maximum atomic E-state index is 13.8. The third-order valence-corrected chi connectivity index (χ3v) is 3.84. The number of carbonyl (C=O) groups excluding carboxylic acids is 1. The summed E-state index contributed by atoms with van der Waals surface area (Å²) in [7, 11) is 1.76. The van der Waals surface area contributed by atoms with Gasteiger partial charge in [-0.1, -0.05) is 5.16 Å². The molecule has 3 rings (SSSR count). The number of hydrogen-bond acceptors (Lipinski definition) is 6. The average molecular weight is 337 g/mol. The number of amides is 2. The normalized spacial score (nSPS) is 21.1. The second kappa shape index (κ2) is 6.95. The number of halogens is 1. The molecule has 130 valence electrons. The van der Waals surface area contributed by atoms with Crippen molar-refractivity contribution in [3.8, 4) is 0 Å². The van der Waals surface area contributed by atoms with Gasteiger partial charge < -0.3 is 9.84 Å². The Morgan fingerprint density at radius 3 is 3.04 bits per heavy atom. The number of urea groups is 1. The van der Waals surface area contributed by atoms with Crippen LogP contribution in [-0.2, 0) is 13.6 Å². The molecule has 2 atom stereocenters. The van der Waals surface area contributed by atoms with Crippen molar-refractivity contribution in [3.63, 3.8) is 0 Å². The van der Waals surface area contributed by atoms with Crippen LogP contribution in [0.4, 0.5) is 15.0 Å². The van der Waals surface area contributed by atoms with E-state index in [0.717, 1.165) is 0 Å². The van der Waals surface area contributed by atoms with E-state index in [0.29, 0.717) is 43.6 Å². The van der Waals surface area contributed by atoms with Crippen LogP contribution < -0.4 is 10.6 Å². The monoisotopic (exact) mass is 337 g/mol. The van der Waals surface area contributed by atoms with Crippen LogP contribution in [-0.4, -0.2) is 56.2 Å². The van der Waals surface area contributed by atoms with Gasteiger partial charge in [0.05, 0.1) is 6.54 Å². The topological polar surface area (TPSA) is 101 Å². The van der Waals surface area contributed by atoms with Crippen LogP contribution in [0.2, 0.25) is 0 Å². The summed E-state index contributed by atoms with van der Waals surface area (Å²) in [5.41, 5.74) is 0. The molecule has 0 unspecified atom stereocenters. The SMILES string of the molecule is Cc1nc(CN2C[C@@H](F)C[C@H]2CNC(=O)Nc2ccn(C)n2)no1. The maximum Gasteiger partial charge on any atom is 0.320 e. The third-order valence-electron chi connectivity index (χ3n) is 3.84. The first kappa shape index (κ1) is 16.4. The Kier molecular flexibility index (Phi) is 4.74. The molecule has 2 N–H and O–H groups in total. The zero-order chi connectivity index (χ0) is 17.1. The van der Waals surface area contributed by atoms with E-state index in [9.17, 15) is 9.18 Å². The fourth-order valence-corrected chi connectivity index (χ4v) is 2.77. The Hall–Kier alpha value is -2.49. The molecule has 2 aromatic heterocycles. The molecule has 0 aromatic carbocycles. The molecule has 0 saturated carbocycles. The molecule has 1 aliphatic rings. The molecule has 0 spiro atoms. The first-order valence-corrected chi connectivity index (χ1v) is 7.71. The largest absolute Gasteiger partial charge is 0.340 e. The lowest BCUT2D eigenvalue weighted by Crippen LogP contribution is -2.41. The lowest BCUT2D eigenvalue weighted by molar-refractivity contribution is 0.218. The summed E-state index contributed by atoms with van der Waals surface area (Å²) in [4.78, 5) is 18.0. The fraction of sp³-hybridized carbons (Fsp3) is 0.571. The number of alkyl halides is 1. The number of aromatic nitrogens is 4. The highest BCUT2D eigenvalue weighted by molar-refractivity contribution is 5.88. The van der Waals surface area contributed by atoms with Crippen molar-refractivity contribution in [1.29, 1.82) is 0 Å². The third kappa shape index (κ3) is 4.07. The van der Waals surface area contributed by atoms with Crippen LogP contribution in [0.15, 0.2) is 16.8 Å². The number of aryl methyl sites for hydroxylation is 2. The summed E-state index contributed by atoms with van der Waals surface area (Å²) >= 11 is 0. The molecule has 1 saturated heterocycles. The van der Waals surface area contributed by atoms with Gasteiger partial charge in [-0.25, -0.2) is 9.18 Å². The molecule has 0 aliphatic carbocycles. The predicted octanol–water partition coefficient (Wildman–Crippen LogP) is 0.846. The van der Waals surface area contributed by atoms with Gasteiger partial charge in [-0.05, 0) is 6.42 Å². The highest BCUT2D eigenvalue weighted by atomic mass is 19.1. The minimum absolute atomic E-state index is 0.117. The smallest absolute Gasteiger partial charge is 0.320 e. The Labute approximate surface area is 138 Å². The molecule has 0 bridgehead atoms. The summed E-state index contributed by atoms with van der Waals surface area (Å²) in [6, 6.07) is 1.21. The van der Waals surface area contributed by atoms with Gasteiger partial charge in [0.25, 0.3) is 0 Å². The Bertz CT molecular complexity index is 701. The number of rotatable bonds is 5. The highest BCUT2D eigenvalue weighted by Crippen LogP contribution is 2.21. The molecule has 10 heteroatoms. The number of nitrogens with one attached hydrogen (secondary N) is 2. The average Bonchev–Trinajstić information content (AvgIpc) is 3.20. The van der Waals surface area contributed by atoms with E-state index in [-0.39, 0.29) is 12.1 Å². The predicted molar refractivity (Wildman–Crippen MR) is 83.0 cm³/mol. The van der Waals surface area contributed by atoms with E-state index >= 15 is 0 Å². The van der Waals surface area contributed by atoms with E-state index in [1.165, 1.54) is 0 Å². The molecular formula is C14H20FN7O2. The molecule has 24 heavy (non-hydrogen) atoms. The summed E-state index contributed by atoms with van der Waals surface area (Å²) in [6.07, 6.45) is 1.17. The number of likely N-dealkylation sites (tertiary alicyclic amines) is 1. The van der Waals surface area contributed by atoms with E-state index in [2.05, 4.69) is 25.9 Å². The van der Waals surface area contributed by atoms with E-state index in [1.54, 1.807) is 30.9 Å². The molecule has 1 aliphatic heterocycles. The fourth-order valence-electron chi connectivity index (χ4n) is 2.77. The van der Waals surface area contributed by atoms with Crippen molar-refractivity contribution in [1.82, 2.24) is 30.1 Å². The van der Waals surface area contributed by atoms with Crippen molar-refractivity contribution in [3.05, 3.63) is 24.0 Å². The molecule has 2 amide bonds. The van der Waals surface area contributed by atoms with Crippen molar-refractivity contribution in [2.24, 2.45) is 7.05 Å². The lowest BCUT2D eigenvalue weighted by atomic mass is 10.2. The summed E-state index contributed by atoms with van der Waals surface area (Å²) in [6.45, 7) is 2.73. The van der Waals surface area contributed by atoms with Crippen molar-refractivity contribution in [2.45, 2.75) is 32.1 Å². The summed E-state index contributed by atoms with van der Waals surface area (Å²) in [5.74, 6) is 1.46. The minimum atomic E-state index is -0.927. The van der Waals surface area contributed by atoms with Crippen molar-refractivity contribution >= 4 is 11.8 Å². The number of nitrogens with zero attached hydrogens (tertiary/aromatic N) is 5. The van der Waals surface area contributed by atoms with E-state index in [4.69, 9.17) is 4.52 Å². The highest BCUT2D eigenvalue weighted by Gasteiger charge is 2.33. The van der Waals surface area contributed by atoms with Gasteiger partial charge in [0.2, 0.25) is 5.89 Å². The first-order valence-electron chi connectivity index (χ1n) is 7.71. The number of anilines is 1. The Morgan fingerprint density at radius 1 is 1.54 bits per heavy atom. The van der Waals surface area contributed by atoms with Gasteiger partial charge in [0.1, 0.15) is 6.17 Å². The van der Waals surface area contributed by atoms with Gasteiger partial charge in [-0.2, -0.15) is 10.1 Å². The summed E-state index contributed by atoms with van der Waals surface area (Å²) in [5, 5.41) is 13.3. The first-order chi connectivity index (χ1) is 11.5. The Balaban J connectivity index is 1.51. The molecule has 2 aromatic rings. The number of carbonyl (C=O) groups is 1. The molecule has 9 nitrogen and oxygen atoms in total. The van der Waals surface area contributed by atoms with Crippen molar-refractivity contribution < 1.29 is 13.7 Å². The van der Waals surface area contributed by atoms with Gasteiger partial charge >= 0.3 is 6.03 Å². The summed E-state index contributed by atoms with van der Waals surface area (Å²) < 4.78 is 20.3. The Morgan fingerprint density at radius 2 is 2.38 bits per heavy atom. The molecular weight excluding hydrogens is 317 g/mol. The van der Waals surface area contributed by atoms with Gasteiger partial charge in [-0.15, -0.1) is 0 Å². The zero-order valence-electron chi connectivity index (χ0n) is 13.6. The second-order valence-electron chi connectivity index (χ2n) is 5.86. The second-order valence-corrected chi connectivity index (χ2v) is 5.86. The lowest BCUT2D eigenvalue weighted by Gasteiger charge is -2.22. The van der Waals surface area contributed by atoms with Gasteiger partial charge in [0.15, 0.2) is 11.6 Å². The van der Waals surface area contributed by atoms with Gasteiger partial charge in [-0.3, -0.25) is 14.9 Å². The number of hydrogen-bond donors (Lipinski definition) is 2. The minimum Gasteiger partial charge on any atom is -0.340 e. The van der Waals surface area contributed by atoms with Crippen LogP contribution in [0, 0.1) is 6.92 Å². The van der Waals surface area contributed by atoms with Crippen LogP contribution in [0.25, 0.3) is 0 Å². The maximum absolute atomic E-state index is 13.8. The van der Waals surface area contributed by atoms with Crippen LogP contribution >= 0.6 is 0 Å².